The number of imidazole rings is 1. The first kappa shape index (κ1) is 17.6. The Morgan fingerprint density at radius 2 is 1.89 bits per heavy atom. The maximum Gasteiger partial charge on any atom is 0.226 e. The minimum Gasteiger partial charge on any atom is -0.494 e. The van der Waals surface area contributed by atoms with Crippen molar-refractivity contribution < 1.29 is 9.53 Å². The molecule has 4 rings (SSSR count). The van der Waals surface area contributed by atoms with Crippen LogP contribution < -0.4 is 4.74 Å². The van der Waals surface area contributed by atoms with Gasteiger partial charge in [-0.2, -0.15) is 0 Å². The molecule has 0 atom stereocenters. The molecule has 1 aliphatic rings. The van der Waals surface area contributed by atoms with Crippen molar-refractivity contribution in [2.24, 2.45) is 0 Å². The monoisotopic (exact) mass is 363 g/mol. The van der Waals surface area contributed by atoms with Crippen molar-refractivity contribution in [1.82, 2.24) is 14.9 Å². The highest BCUT2D eigenvalue weighted by atomic mass is 16.5. The van der Waals surface area contributed by atoms with Crippen LogP contribution in [0.3, 0.4) is 0 Å². The summed E-state index contributed by atoms with van der Waals surface area (Å²) in [6.07, 6.45) is 2.35. The number of aromatic amines is 1. The molecule has 2 aromatic carbocycles. The molecule has 3 aromatic rings. The fraction of sp³-hybridized carbons (Fsp3) is 0.364. The molecular formula is C22H25N3O2. The van der Waals surface area contributed by atoms with Crippen molar-refractivity contribution in [3.8, 4) is 5.75 Å². The number of H-pyrrole nitrogens is 1. The second-order valence-corrected chi connectivity index (χ2v) is 7.05. The first-order chi connectivity index (χ1) is 13.2. The summed E-state index contributed by atoms with van der Waals surface area (Å²) in [4.78, 5) is 22.8. The fourth-order valence-electron chi connectivity index (χ4n) is 3.72. The van der Waals surface area contributed by atoms with E-state index in [1.54, 1.807) is 0 Å². The molecule has 0 aliphatic carbocycles. The van der Waals surface area contributed by atoms with E-state index < -0.39 is 0 Å². The van der Waals surface area contributed by atoms with E-state index in [-0.39, 0.29) is 5.91 Å². The number of nitrogens with one attached hydrogen (secondary N) is 1. The predicted molar refractivity (Wildman–Crippen MR) is 106 cm³/mol. The Hall–Kier alpha value is -2.82. The van der Waals surface area contributed by atoms with E-state index in [0.717, 1.165) is 54.1 Å². The highest BCUT2D eigenvalue weighted by molar-refractivity contribution is 5.79. The Labute approximate surface area is 159 Å². The maximum absolute atomic E-state index is 12.6. The highest BCUT2D eigenvalue weighted by Gasteiger charge is 2.25. The molecule has 2 heterocycles. The molecule has 1 fully saturated rings. The molecule has 27 heavy (non-hydrogen) atoms. The Kier molecular flexibility index (Phi) is 5.10. The number of nitrogens with zero attached hydrogens (tertiary/aromatic N) is 2. The average Bonchev–Trinajstić information content (AvgIpc) is 3.14. The van der Waals surface area contributed by atoms with Crippen LogP contribution in [0.2, 0.25) is 0 Å². The van der Waals surface area contributed by atoms with E-state index in [1.165, 1.54) is 0 Å². The molecule has 1 N–H and O–H groups in total. The molecule has 0 saturated carbocycles. The van der Waals surface area contributed by atoms with E-state index in [2.05, 4.69) is 11.1 Å². The number of carbonyl (C=O) groups is 1. The number of piperidine rings is 1. The van der Waals surface area contributed by atoms with Gasteiger partial charge < -0.3 is 14.6 Å². The lowest BCUT2D eigenvalue weighted by Crippen LogP contribution is -2.39. The van der Waals surface area contributed by atoms with Crippen LogP contribution in [-0.2, 0) is 11.2 Å². The number of likely N-dealkylation sites (tertiary alicyclic amines) is 1. The van der Waals surface area contributed by atoms with E-state index in [9.17, 15) is 4.79 Å². The molecular weight excluding hydrogens is 338 g/mol. The normalized spacial score (nSPS) is 15.2. The third-order valence-corrected chi connectivity index (χ3v) is 5.23. The second kappa shape index (κ2) is 7.82. The lowest BCUT2D eigenvalue weighted by atomic mass is 9.95. The Balaban J connectivity index is 1.33. The summed E-state index contributed by atoms with van der Waals surface area (Å²) in [5.74, 6) is 2.49. The number of carbonyl (C=O) groups excluding carboxylic acids is 1. The van der Waals surface area contributed by atoms with Crippen molar-refractivity contribution >= 4 is 16.9 Å². The molecule has 1 amide bonds. The summed E-state index contributed by atoms with van der Waals surface area (Å²) in [5, 5.41) is 0. The van der Waals surface area contributed by atoms with Crippen molar-refractivity contribution in [2.75, 3.05) is 19.7 Å². The number of para-hydroxylation sites is 2. The number of hydrogen-bond acceptors (Lipinski definition) is 3. The first-order valence-electron chi connectivity index (χ1n) is 9.67. The Morgan fingerprint density at radius 3 is 2.59 bits per heavy atom. The molecule has 0 unspecified atom stereocenters. The highest BCUT2D eigenvalue weighted by Crippen LogP contribution is 2.28. The zero-order valence-corrected chi connectivity index (χ0v) is 15.6. The SMILES string of the molecule is CCOc1ccc(CC(=O)N2CCC(c3nc4ccccc4[nH]3)CC2)cc1. The van der Waals surface area contributed by atoms with Gasteiger partial charge in [-0.1, -0.05) is 24.3 Å². The van der Waals surface area contributed by atoms with Gasteiger partial charge in [-0.05, 0) is 49.6 Å². The molecule has 0 spiro atoms. The van der Waals surface area contributed by atoms with Gasteiger partial charge in [0, 0.05) is 19.0 Å². The molecule has 140 valence electrons. The summed E-state index contributed by atoms with van der Waals surface area (Å²) < 4.78 is 5.45. The standard InChI is InChI=1S/C22H25N3O2/c1-2-27-18-9-7-16(8-10-18)15-21(26)25-13-11-17(12-14-25)22-23-19-5-3-4-6-20(19)24-22/h3-10,17H,2,11-15H2,1H3,(H,23,24). The smallest absolute Gasteiger partial charge is 0.226 e. The molecule has 1 saturated heterocycles. The van der Waals surface area contributed by atoms with Crippen LogP contribution in [-0.4, -0.2) is 40.5 Å². The van der Waals surface area contributed by atoms with Gasteiger partial charge >= 0.3 is 0 Å². The maximum atomic E-state index is 12.6. The Morgan fingerprint density at radius 1 is 1.15 bits per heavy atom. The van der Waals surface area contributed by atoms with E-state index in [4.69, 9.17) is 9.72 Å². The second-order valence-electron chi connectivity index (χ2n) is 7.05. The molecule has 1 aliphatic heterocycles. The fourth-order valence-corrected chi connectivity index (χ4v) is 3.72. The van der Waals surface area contributed by atoms with Gasteiger partial charge in [0.15, 0.2) is 0 Å². The number of aromatic nitrogens is 2. The van der Waals surface area contributed by atoms with E-state index in [0.29, 0.717) is 18.9 Å². The predicted octanol–water partition coefficient (Wildman–Crippen LogP) is 3.91. The van der Waals surface area contributed by atoms with Gasteiger partial charge in [0.2, 0.25) is 5.91 Å². The van der Waals surface area contributed by atoms with Crippen LogP contribution in [0.25, 0.3) is 11.0 Å². The van der Waals surface area contributed by atoms with Gasteiger partial charge in [0.05, 0.1) is 24.1 Å². The number of hydrogen-bond donors (Lipinski definition) is 1. The molecule has 1 aromatic heterocycles. The van der Waals surface area contributed by atoms with Crippen LogP contribution in [0.1, 0.15) is 37.1 Å². The summed E-state index contributed by atoms with van der Waals surface area (Å²) >= 11 is 0. The van der Waals surface area contributed by atoms with Crippen molar-refractivity contribution in [1.29, 1.82) is 0 Å². The first-order valence-corrected chi connectivity index (χ1v) is 9.67. The van der Waals surface area contributed by atoms with Crippen LogP contribution in [0, 0.1) is 0 Å². The van der Waals surface area contributed by atoms with Crippen molar-refractivity contribution in [3.05, 3.63) is 59.9 Å². The third kappa shape index (κ3) is 3.97. The van der Waals surface area contributed by atoms with Gasteiger partial charge in [0.1, 0.15) is 11.6 Å². The zero-order valence-electron chi connectivity index (χ0n) is 15.6. The van der Waals surface area contributed by atoms with Gasteiger partial charge in [0.25, 0.3) is 0 Å². The van der Waals surface area contributed by atoms with Crippen LogP contribution in [0.15, 0.2) is 48.5 Å². The lowest BCUT2D eigenvalue weighted by molar-refractivity contribution is -0.131. The number of amides is 1. The summed E-state index contributed by atoms with van der Waals surface area (Å²) in [6.45, 7) is 4.19. The zero-order chi connectivity index (χ0) is 18.6. The largest absolute Gasteiger partial charge is 0.494 e. The molecule has 0 bridgehead atoms. The van der Waals surface area contributed by atoms with E-state index >= 15 is 0 Å². The van der Waals surface area contributed by atoms with Crippen LogP contribution in [0.4, 0.5) is 0 Å². The number of ether oxygens (including phenoxy) is 1. The summed E-state index contributed by atoms with van der Waals surface area (Å²) in [6, 6.07) is 15.9. The van der Waals surface area contributed by atoms with Crippen LogP contribution >= 0.6 is 0 Å². The van der Waals surface area contributed by atoms with Crippen LogP contribution in [0.5, 0.6) is 5.75 Å². The minimum absolute atomic E-state index is 0.196. The molecule has 0 radical (unpaired) electrons. The molecule has 5 nitrogen and oxygen atoms in total. The number of rotatable bonds is 5. The minimum atomic E-state index is 0.196. The van der Waals surface area contributed by atoms with E-state index in [1.807, 2.05) is 54.3 Å². The van der Waals surface area contributed by atoms with Gasteiger partial charge in [-0.3, -0.25) is 4.79 Å². The quantitative estimate of drug-likeness (QED) is 0.748. The van der Waals surface area contributed by atoms with Gasteiger partial charge in [-0.25, -0.2) is 4.98 Å². The molecule has 5 heteroatoms. The number of fused-ring (bicyclic) bond motifs is 1. The van der Waals surface area contributed by atoms with Gasteiger partial charge in [-0.15, -0.1) is 0 Å². The van der Waals surface area contributed by atoms with Crippen molar-refractivity contribution in [2.45, 2.75) is 32.1 Å². The topological polar surface area (TPSA) is 58.2 Å². The van der Waals surface area contributed by atoms with Crippen molar-refractivity contribution in [3.63, 3.8) is 0 Å². The number of benzene rings is 2. The summed E-state index contributed by atoms with van der Waals surface area (Å²) in [5.41, 5.74) is 3.13. The summed E-state index contributed by atoms with van der Waals surface area (Å²) in [7, 11) is 0. The average molecular weight is 363 g/mol. The Bertz CT molecular complexity index is 876. The lowest BCUT2D eigenvalue weighted by Gasteiger charge is -2.31. The third-order valence-electron chi connectivity index (χ3n) is 5.23.